The van der Waals surface area contributed by atoms with E-state index in [4.69, 9.17) is 0 Å². The summed E-state index contributed by atoms with van der Waals surface area (Å²) in [5.74, 6) is 0. The van der Waals surface area contributed by atoms with Gasteiger partial charge in [-0.25, -0.2) is 0 Å². The summed E-state index contributed by atoms with van der Waals surface area (Å²) in [6.45, 7) is 3.42. The summed E-state index contributed by atoms with van der Waals surface area (Å²) in [6, 6.07) is 7.26. The summed E-state index contributed by atoms with van der Waals surface area (Å²) in [4.78, 5) is 0. The van der Waals surface area contributed by atoms with Crippen LogP contribution in [0.15, 0.2) is 22.7 Å². The maximum atomic E-state index is 3.69. The number of aryl methyl sites for hydroxylation is 1. The Labute approximate surface area is 117 Å². The highest BCUT2D eigenvalue weighted by molar-refractivity contribution is 9.10. The van der Waals surface area contributed by atoms with Gasteiger partial charge >= 0.3 is 0 Å². The Morgan fingerprint density at radius 1 is 1.53 bits per heavy atom. The first-order valence-electron chi connectivity index (χ1n) is 6.25. The van der Waals surface area contributed by atoms with Crippen molar-refractivity contribution in [1.29, 1.82) is 0 Å². The number of hydrogen-bond acceptors (Lipinski definition) is 2. The van der Waals surface area contributed by atoms with Crippen LogP contribution in [-0.2, 0) is 6.42 Å². The van der Waals surface area contributed by atoms with Gasteiger partial charge < -0.3 is 5.32 Å². The van der Waals surface area contributed by atoms with Crippen molar-refractivity contribution in [3.63, 3.8) is 0 Å². The van der Waals surface area contributed by atoms with Gasteiger partial charge in [-0.3, -0.25) is 0 Å². The maximum absolute atomic E-state index is 3.69. The number of hydrogen-bond donors (Lipinski definition) is 1. The zero-order valence-corrected chi connectivity index (χ0v) is 12.9. The van der Waals surface area contributed by atoms with Crippen LogP contribution in [0.2, 0.25) is 0 Å². The van der Waals surface area contributed by atoms with Gasteiger partial charge in [0.1, 0.15) is 0 Å². The summed E-state index contributed by atoms with van der Waals surface area (Å²) in [5, 5.41) is 4.45. The van der Waals surface area contributed by atoms with Crippen LogP contribution in [0.25, 0.3) is 0 Å². The van der Waals surface area contributed by atoms with Crippen molar-refractivity contribution in [2.45, 2.75) is 37.5 Å². The van der Waals surface area contributed by atoms with Gasteiger partial charge in [0.15, 0.2) is 0 Å². The molecule has 0 radical (unpaired) electrons. The third kappa shape index (κ3) is 3.49. The van der Waals surface area contributed by atoms with E-state index in [1.54, 1.807) is 0 Å². The van der Waals surface area contributed by atoms with Crippen LogP contribution in [0.4, 0.5) is 0 Å². The predicted octanol–water partition coefficient (Wildman–Crippen LogP) is 4.17. The molecule has 17 heavy (non-hydrogen) atoms. The fourth-order valence-electron chi connectivity index (χ4n) is 2.38. The van der Waals surface area contributed by atoms with Crippen LogP contribution >= 0.6 is 27.7 Å². The fourth-order valence-corrected chi connectivity index (χ4v) is 3.14. The number of rotatable bonds is 5. The van der Waals surface area contributed by atoms with Crippen LogP contribution in [0, 0.1) is 0 Å². The predicted molar refractivity (Wildman–Crippen MR) is 80.8 cm³/mol. The molecule has 0 aromatic heterocycles. The standard InChI is InChI=1S/C14H20BrNS/c1-10(17-2)7-8-16-14-6-3-11-9-12(15)4-5-13(11)14/h4-5,9-10,14,16H,3,6-8H2,1-2H3. The Bertz CT molecular complexity index is 380. The molecule has 1 nitrogen and oxygen atoms in total. The SMILES string of the molecule is CSC(C)CCNC1CCc2cc(Br)ccc21. The molecule has 1 aliphatic carbocycles. The molecule has 0 fully saturated rings. The van der Waals surface area contributed by atoms with Gasteiger partial charge in [0.25, 0.3) is 0 Å². The van der Waals surface area contributed by atoms with Crippen molar-refractivity contribution in [3.8, 4) is 0 Å². The van der Waals surface area contributed by atoms with Gasteiger partial charge in [-0.2, -0.15) is 11.8 Å². The summed E-state index contributed by atoms with van der Waals surface area (Å²) in [6.07, 6.45) is 5.90. The Morgan fingerprint density at radius 2 is 2.35 bits per heavy atom. The van der Waals surface area contributed by atoms with E-state index >= 15 is 0 Å². The van der Waals surface area contributed by atoms with E-state index in [-0.39, 0.29) is 0 Å². The minimum Gasteiger partial charge on any atom is -0.310 e. The molecule has 1 aliphatic rings. The van der Waals surface area contributed by atoms with Gasteiger partial charge in [-0.05, 0) is 55.3 Å². The summed E-state index contributed by atoms with van der Waals surface area (Å²) < 4.78 is 1.20. The molecule has 2 rings (SSSR count). The smallest absolute Gasteiger partial charge is 0.0326 e. The maximum Gasteiger partial charge on any atom is 0.0326 e. The normalized spacial score (nSPS) is 20.3. The quantitative estimate of drug-likeness (QED) is 0.875. The second-order valence-corrected chi connectivity index (χ2v) is 6.92. The lowest BCUT2D eigenvalue weighted by Crippen LogP contribution is -2.22. The highest BCUT2D eigenvalue weighted by Gasteiger charge is 2.21. The first-order chi connectivity index (χ1) is 8.20. The van der Waals surface area contributed by atoms with Crippen molar-refractivity contribution in [1.82, 2.24) is 5.32 Å². The van der Waals surface area contributed by atoms with Crippen molar-refractivity contribution < 1.29 is 0 Å². The molecule has 0 spiro atoms. The average Bonchev–Trinajstić information content (AvgIpc) is 2.71. The molecule has 0 bridgehead atoms. The lowest BCUT2D eigenvalue weighted by molar-refractivity contribution is 0.520. The molecule has 2 unspecified atom stereocenters. The van der Waals surface area contributed by atoms with E-state index in [1.165, 1.54) is 34.9 Å². The zero-order chi connectivity index (χ0) is 12.3. The van der Waals surface area contributed by atoms with E-state index in [1.807, 2.05) is 11.8 Å². The Kier molecular flexibility index (Phi) is 4.95. The van der Waals surface area contributed by atoms with Crippen molar-refractivity contribution in [2.75, 3.05) is 12.8 Å². The lowest BCUT2D eigenvalue weighted by atomic mass is 10.1. The third-order valence-corrected chi connectivity index (χ3v) is 5.06. The van der Waals surface area contributed by atoms with Crippen LogP contribution < -0.4 is 5.32 Å². The largest absolute Gasteiger partial charge is 0.310 e. The molecule has 0 amide bonds. The zero-order valence-electron chi connectivity index (χ0n) is 10.5. The Balaban J connectivity index is 1.89. The fraction of sp³-hybridized carbons (Fsp3) is 0.571. The summed E-state index contributed by atoms with van der Waals surface area (Å²) in [7, 11) is 0. The first-order valence-corrected chi connectivity index (χ1v) is 8.33. The minimum atomic E-state index is 0.576. The van der Waals surface area contributed by atoms with Crippen LogP contribution in [-0.4, -0.2) is 18.1 Å². The molecule has 1 aromatic rings. The Morgan fingerprint density at radius 3 is 3.12 bits per heavy atom. The molecule has 1 N–H and O–H groups in total. The molecule has 2 atom stereocenters. The van der Waals surface area contributed by atoms with Gasteiger partial charge in [0.05, 0.1) is 0 Å². The van der Waals surface area contributed by atoms with Crippen molar-refractivity contribution >= 4 is 27.7 Å². The molecule has 0 saturated heterocycles. The second kappa shape index (κ2) is 6.26. The second-order valence-electron chi connectivity index (χ2n) is 4.72. The summed E-state index contributed by atoms with van der Waals surface area (Å²) >= 11 is 5.49. The third-order valence-electron chi connectivity index (χ3n) is 3.53. The first kappa shape index (κ1) is 13.4. The molecular weight excluding hydrogens is 294 g/mol. The average molecular weight is 314 g/mol. The van der Waals surface area contributed by atoms with Crippen LogP contribution in [0.5, 0.6) is 0 Å². The van der Waals surface area contributed by atoms with Gasteiger partial charge in [-0.1, -0.05) is 28.9 Å². The number of nitrogens with one attached hydrogen (secondary N) is 1. The van der Waals surface area contributed by atoms with Gasteiger partial charge in [0.2, 0.25) is 0 Å². The molecule has 3 heteroatoms. The monoisotopic (exact) mass is 313 g/mol. The molecular formula is C14H20BrNS. The number of benzene rings is 1. The van der Waals surface area contributed by atoms with E-state index < -0.39 is 0 Å². The number of fused-ring (bicyclic) bond motifs is 1. The van der Waals surface area contributed by atoms with Crippen molar-refractivity contribution in [2.24, 2.45) is 0 Å². The lowest BCUT2D eigenvalue weighted by Gasteiger charge is -2.15. The number of halogens is 1. The minimum absolute atomic E-state index is 0.576. The van der Waals surface area contributed by atoms with Crippen LogP contribution in [0.3, 0.4) is 0 Å². The Hall–Kier alpha value is 0.01000. The van der Waals surface area contributed by atoms with E-state index in [0.29, 0.717) is 6.04 Å². The number of thioether (sulfide) groups is 1. The summed E-state index contributed by atoms with van der Waals surface area (Å²) in [5.41, 5.74) is 3.01. The molecule has 0 saturated carbocycles. The van der Waals surface area contributed by atoms with E-state index in [9.17, 15) is 0 Å². The van der Waals surface area contributed by atoms with E-state index in [0.717, 1.165) is 11.8 Å². The molecule has 1 aromatic carbocycles. The van der Waals surface area contributed by atoms with E-state index in [2.05, 4.69) is 52.6 Å². The molecule has 0 heterocycles. The topological polar surface area (TPSA) is 12.0 Å². The van der Waals surface area contributed by atoms with Crippen molar-refractivity contribution in [3.05, 3.63) is 33.8 Å². The van der Waals surface area contributed by atoms with Crippen LogP contribution in [0.1, 0.15) is 36.9 Å². The molecule has 94 valence electrons. The highest BCUT2D eigenvalue weighted by Crippen LogP contribution is 2.32. The highest BCUT2D eigenvalue weighted by atomic mass is 79.9. The van der Waals surface area contributed by atoms with Gasteiger partial charge in [-0.15, -0.1) is 0 Å². The molecule has 0 aliphatic heterocycles. The van der Waals surface area contributed by atoms with Gasteiger partial charge in [0, 0.05) is 15.8 Å².